The van der Waals surface area contributed by atoms with Crippen LogP contribution in [0.5, 0.6) is 5.75 Å². The third-order valence-electron chi connectivity index (χ3n) is 7.52. The van der Waals surface area contributed by atoms with Crippen molar-refractivity contribution in [3.63, 3.8) is 0 Å². The zero-order valence-electron chi connectivity index (χ0n) is 22.7. The molecule has 2 aromatic carbocycles. The first-order valence-corrected chi connectivity index (χ1v) is 12.5. The minimum atomic E-state index is -4.75. The highest BCUT2D eigenvalue weighted by molar-refractivity contribution is 6.63. The molecule has 0 unspecified atom stereocenters. The number of nitro benzene ring substituents is 1. The van der Waals surface area contributed by atoms with Crippen molar-refractivity contribution in [2.75, 3.05) is 12.4 Å². The second kappa shape index (κ2) is 9.34. The van der Waals surface area contributed by atoms with Crippen LogP contribution < -0.4 is 15.5 Å². The summed E-state index contributed by atoms with van der Waals surface area (Å²) < 4.78 is 60.4. The number of benzene rings is 2. The van der Waals surface area contributed by atoms with E-state index in [0.29, 0.717) is 39.6 Å². The van der Waals surface area contributed by atoms with Crippen molar-refractivity contribution in [2.24, 2.45) is 0 Å². The molecule has 1 saturated heterocycles. The highest BCUT2D eigenvalue weighted by atomic mass is 19.4. The first kappa shape index (κ1) is 27.7. The summed E-state index contributed by atoms with van der Waals surface area (Å²) in [6.45, 7) is 9.32. The van der Waals surface area contributed by atoms with E-state index >= 15 is 0 Å². The van der Waals surface area contributed by atoms with Gasteiger partial charge in [-0.25, -0.2) is 9.50 Å². The molecule has 0 aliphatic carbocycles. The number of nitro groups is 1. The molecule has 0 bridgehead atoms. The van der Waals surface area contributed by atoms with Crippen LogP contribution in [0.3, 0.4) is 0 Å². The van der Waals surface area contributed by atoms with Crippen LogP contribution >= 0.6 is 0 Å². The van der Waals surface area contributed by atoms with Crippen LogP contribution in [0.1, 0.15) is 51.8 Å². The average Bonchev–Trinajstić information content (AvgIpc) is 3.43. The standard InChI is InChI=1S/C26H27BF3N5O5/c1-14(15-9-16(26(28,29)30)11-17(10-15)35(36)37)32-23-18-12-19(27-39-24(2,3)25(4,5)40-27)21(38-6)13-20(18)34-22(33-23)7-8-31-34/h7-14H,1-6H3,(H,32,33)/t14-/m1/s1. The first-order chi connectivity index (χ1) is 18.6. The molecule has 40 heavy (non-hydrogen) atoms. The number of ether oxygens (including phenoxy) is 1. The number of methoxy groups -OCH3 is 1. The lowest BCUT2D eigenvalue weighted by Crippen LogP contribution is -2.41. The van der Waals surface area contributed by atoms with Gasteiger partial charge in [0.2, 0.25) is 0 Å². The molecule has 1 aliphatic rings. The minimum absolute atomic E-state index is 0.0737. The lowest BCUT2D eigenvalue weighted by molar-refractivity contribution is -0.385. The molecule has 1 aliphatic heterocycles. The Morgan fingerprint density at radius 1 is 1.12 bits per heavy atom. The van der Waals surface area contributed by atoms with Gasteiger partial charge in [0.05, 0.1) is 46.6 Å². The lowest BCUT2D eigenvalue weighted by atomic mass is 9.77. The molecule has 14 heteroatoms. The van der Waals surface area contributed by atoms with Crippen LogP contribution in [-0.2, 0) is 15.5 Å². The first-order valence-electron chi connectivity index (χ1n) is 12.5. The second-order valence-corrected chi connectivity index (χ2v) is 10.7. The molecule has 4 aromatic rings. The fourth-order valence-electron chi connectivity index (χ4n) is 4.58. The van der Waals surface area contributed by atoms with Gasteiger partial charge in [0, 0.05) is 35.1 Å². The maximum Gasteiger partial charge on any atom is 0.498 e. The third-order valence-corrected chi connectivity index (χ3v) is 7.52. The van der Waals surface area contributed by atoms with Crippen molar-refractivity contribution in [3.05, 3.63) is 63.8 Å². The number of hydrogen-bond donors (Lipinski definition) is 1. The number of alkyl halides is 3. The maximum absolute atomic E-state index is 13.5. The van der Waals surface area contributed by atoms with Gasteiger partial charge in [0.15, 0.2) is 5.65 Å². The number of non-ortho nitro benzene ring substituents is 1. The Kier molecular flexibility index (Phi) is 6.46. The molecular formula is C26H27BF3N5O5. The number of anilines is 1. The van der Waals surface area contributed by atoms with E-state index in [9.17, 15) is 23.3 Å². The maximum atomic E-state index is 13.5. The number of aromatic nitrogens is 3. The summed E-state index contributed by atoms with van der Waals surface area (Å²) in [4.78, 5) is 15.2. The molecule has 3 heterocycles. The van der Waals surface area contributed by atoms with Crippen LogP contribution in [0.2, 0.25) is 0 Å². The van der Waals surface area contributed by atoms with Crippen molar-refractivity contribution in [1.82, 2.24) is 14.6 Å². The van der Waals surface area contributed by atoms with Crippen LogP contribution in [0, 0.1) is 10.1 Å². The Labute approximate surface area is 227 Å². The summed E-state index contributed by atoms with van der Waals surface area (Å²) >= 11 is 0. The second-order valence-electron chi connectivity index (χ2n) is 10.7. The summed E-state index contributed by atoms with van der Waals surface area (Å²) in [7, 11) is 0.758. The molecule has 210 valence electrons. The summed E-state index contributed by atoms with van der Waals surface area (Å²) in [6.07, 6.45) is -3.18. The van der Waals surface area contributed by atoms with Gasteiger partial charge in [0.25, 0.3) is 5.69 Å². The quantitative estimate of drug-likeness (QED) is 0.193. The number of rotatable bonds is 6. The molecule has 5 rings (SSSR count). The summed E-state index contributed by atoms with van der Waals surface area (Å²) in [5, 5.41) is 19.4. The smallest absolute Gasteiger partial charge is 0.497 e. The predicted octanol–water partition coefficient (Wildman–Crippen LogP) is 5.29. The predicted molar refractivity (Wildman–Crippen MR) is 143 cm³/mol. The molecule has 1 fully saturated rings. The molecule has 0 spiro atoms. The minimum Gasteiger partial charge on any atom is -0.497 e. The Bertz CT molecular complexity index is 1620. The number of nitrogens with one attached hydrogen (secondary N) is 1. The van der Waals surface area contributed by atoms with Crippen molar-refractivity contribution in [3.8, 4) is 5.75 Å². The van der Waals surface area contributed by atoms with E-state index < -0.39 is 46.7 Å². The third kappa shape index (κ3) is 4.70. The Morgan fingerprint density at radius 2 is 1.80 bits per heavy atom. The number of halogens is 3. The van der Waals surface area contributed by atoms with Crippen LogP contribution in [0.15, 0.2) is 42.6 Å². The van der Waals surface area contributed by atoms with E-state index in [2.05, 4.69) is 15.4 Å². The Morgan fingerprint density at radius 3 is 2.40 bits per heavy atom. The molecule has 0 saturated carbocycles. The average molecular weight is 557 g/mol. The van der Waals surface area contributed by atoms with Gasteiger partial charge in [-0.15, -0.1) is 0 Å². The zero-order valence-corrected chi connectivity index (χ0v) is 22.7. The topological polar surface area (TPSA) is 113 Å². The number of nitrogens with zero attached hydrogens (tertiary/aromatic N) is 4. The Balaban J connectivity index is 1.64. The van der Waals surface area contributed by atoms with Gasteiger partial charge in [0.1, 0.15) is 11.6 Å². The van der Waals surface area contributed by atoms with E-state index in [1.807, 2.05) is 27.7 Å². The van der Waals surface area contributed by atoms with Crippen molar-refractivity contribution < 1.29 is 32.1 Å². The summed E-state index contributed by atoms with van der Waals surface area (Å²) in [6, 6.07) is 6.97. The van der Waals surface area contributed by atoms with E-state index in [-0.39, 0.29) is 5.56 Å². The highest BCUT2D eigenvalue weighted by Gasteiger charge is 2.52. The van der Waals surface area contributed by atoms with Gasteiger partial charge < -0.3 is 19.4 Å². The largest absolute Gasteiger partial charge is 0.498 e. The van der Waals surface area contributed by atoms with Gasteiger partial charge in [-0.2, -0.15) is 18.3 Å². The lowest BCUT2D eigenvalue weighted by Gasteiger charge is -2.32. The van der Waals surface area contributed by atoms with E-state index in [1.54, 1.807) is 35.8 Å². The fraction of sp³-hybridized carbons (Fsp3) is 0.385. The molecular weight excluding hydrogens is 530 g/mol. The Hall–Kier alpha value is -3.91. The molecule has 2 aromatic heterocycles. The van der Waals surface area contributed by atoms with Crippen molar-refractivity contribution in [1.29, 1.82) is 0 Å². The summed E-state index contributed by atoms with van der Waals surface area (Å²) in [5.74, 6) is 0.817. The molecule has 1 atom stereocenters. The van der Waals surface area contributed by atoms with Gasteiger partial charge in [-0.3, -0.25) is 10.1 Å². The van der Waals surface area contributed by atoms with Crippen molar-refractivity contribution >= 4 is 40.6 Å². The van der Waals surface area contributed by atoms with E-state index in [4.69, 9.17) is 14.0 Å². The SMILES string of the molecule is COc1cc2c(cc1B1OC(C)(C)C(C)(C)O1)c(N[C@H](C)c1cc([N+](=O)[O-])cc(C(F)(F)F)c1)nc1ccnn12. The number of fused-ring (bicyclic) bond motifs is 3. The van der Waals surface area contributed by atoms with Crippen LogP contribution in [0.4, 0.5) is 24.7 Å². The molecule has 0 radical (unpaired) electrons. The van der Waals surface area contributed by atoms with Crippen LogP contribution in [-0.4, -0.2) is 45.0 Å². The van der Waals surface area contributed by atoms with Gasteiger partial charge >= 0.3 is 13.3 Å². The highest BCUT2D eigenvalue weighted by Crippen LogP contribution is 2.39. The van der Waals surface area contributed by atoms with Crippen molar-refractivity contribution in [2.45, 2.75) is 58.0 Å². The van der Waals surface area contributed by atoms with E-state index in [0.717, 1.165) is 12.1 Å². The molecule has 10 nitrogen and oxygen atoms in total. The number of hydrogen-bond acceptors (Lipinski definition) is 8. The molecule has 1 N–H and O–H groups in total. The van der Waals surface area contributed by atoms with Crippen LogP contribution in [0.25, 0.3) is 16.6 Å². The zero-order chi connectivity index (χ0) is 29.2. The summed E-state index contributed by atoms with van der Waals surface area (Å²) in [5.41, 5.74) is -1.25. The molecule has 0 amide bonds. The monoisotopic (exact) mass is 557 g/mol. The normalized spacial score (nSPS) is 17.4. The van der Waals surface area contributed by atoms with E-state index in [1.165, 1.54) is 7.11 Å². The van der Waals surface area contributed by atoms with Gasteiger partial charge in [-0.1, -0.05) is 0 Å². The fourth-order valence-corrected chi connectivity index (χ4v) is 4.58. The van der Waals surface area contributed by atoms with Gasteiger partial charge in [-0.05, 0) is 52.3 Å².